The molecule has 0 bridgehead atoms. The molecule has 0 radical (unpaired) electrons. The summed E-state index contributed by atoms with van der Waals surface area (Å²) in [5.41, 5.74) is 21.8. The third-order valence-corrected chi connectivity index (χ3v) is 19.6. The second-order valence-electron chi connectivity index (χ2n) is 32.3. The minimum Gasteiger partial charge on any atom is -0.309 e. The van der Waals surface area contributed by atoms with Crippen molar-refractivity contribution < 1.29 is 0 Å². The van der Waals surface area contributed by atoms with Crippen molar-refractivity contribution in [2.24, 2.45) is 0 Å². The van der Waals surface area contributed by atoms with Gasteiger partial charge in [0.1, 0.15) is 6.33 Å². The molecule has 508 valence electrons. The van der Waals surface area contributed by atoms with Gasteiger partial charge in [-0.15, -0.1) is 11.3 Å². The Kier molecular flexibility index (Phi) is 20.8. The van der Waals surface area contributed by atoms with Crippen LogP contribution in [0, 0.1) is 0 Å². The molecule has 0 spiro atoms. The zero-order valence-electron chi connectivity index (χ0n) is 62.1. The van der Waals surface area contributed by atoms with Crippen LogP contribution in [-0.2, 0) is 38.9 Å². The van der Waals surface area contributed by atoms with E-state index < -0.39 is 0 Å². The van der Waals surface area contributed by atoms with E-state index in [4.69, 9.17) is 0 Å². The van der Waals surface area contributed by atoms with E-state index in [0.717, 1.165) is 23.5 Å². The van der Waals surface area contributed by atoms with E-state index in [2.05, 4.69) is 347 Å². The number of pyridine rings is 3. The molecule has 1 aliphatic carbocycles. The lowest BCUT2D eigenvalue weighted by Crippen LogP contribution is -2.12. The monoisotopic (exact) mass is 1330 g/mol. The van der Waals surface area contributed by atoms with Crippen LogP contribution in [0.5, 0.6) is 0 Å². The summed E-state index contributed by atoms with van der Waals surface area (Å²) in [6.45, 7) is 39.7. The smallest absolute Gasteiger partial charge is 0.115 e. The maximum Gasteiger partial charge on any atom is 0.115 e. The molecule has 1 aliphatic rings. The minimum atomic E-state index is 0.123. The summed E-state index contributed by atoms with van der Waals surface area (Å²) in [7, 11) is 0. The minimum absolute atomic E-state index is 0.123. The summed E-state index contributed by atoms with van der Waals surface area (Å²) in [6.07, 6.45) is 11.8. The van der Waals surface area contributed by atoms with E-state index in [1.807, 2.05) is 66.3 Å². The summed E-state index contributed by atoms with van der Waals surface area (Å²) in [5.74, 6) is 0. The molecule has 16 rings (SSSR count). The topological polar surface area (TPSA) is 74.3 Å². The van der Waals surface area contributed by atoms with Gasteiger partial charge in [-0.1, -0.05) is 258 Å². The molecular formula is C92H99N7S. The highest BCUT2D eigenvalue weighted by Crippen LogP contribution is 2.48. The molecule has 7 nitrogen and oxygen atoms in total. The van der Waals surface area contributed by atoms with Gasteiger partial charge in [-0.05, 0) is 153 Å². The quantitative estimate of drug-likeness (QED) is 0.172. The molecule has 0 unspecified atom stereocenters. The number of thiophene rings is 1. The van der Waals surface area contributed by atoms with Crippen LogP contribution in [0.1, 0.15) is 170 Å². The third-order valence-electron chi connectivity index (χ3n) is 18.4. The lowest BCUT2D eigenvalue weighted by Gasteiger charge is -2.20. The van der Waals surface area contributed by atoms with Crippen molar-refractivity contribution in [3.63, 3.8) is 0 Å². The van der Waals surface area contributed by atoms with Crippen molar-refractivity contribution in [1.82, 2.24) is 34.1 Å². The molecule has 0 aliphatic heterocycles. The lowest BCUT2D eigenvalue weighted by atomic mass is 9.85. The van der Waals surface area contributed by atoms with E-state index in [1.54, 1.807) is 18.7 Å². The van der Waals surface area contributed by atoms with Crippen molar-refractivity contribution in [2.45, 2.75) is 164 Å². The van der Waals surface area contributed by atoms with Crippen LogP contribution in [0.15, 0.2) is 262 Å². The Morgan fingerprint density at radius 1 is 0.330 bits per heavy atom. The molecule has 8 heteroatoms. The molecule has 0 saturated heterocycles. The summed E-state index contributed by atoms with van der Waals surface area (Å²) in [4.78, 5) is 20.5. The van der Waals surface area contributed by atoms with Crippen LogP contribution in [0.4, 0.5) is 0 Å². The van der Waals surface area contributed by atoms with Crippen LogP contribution < -0.4 is 0 Å². The fourth-order valence-electron chi connectivity index (χ4n) is 13.0. The highest BCUT2D eigenvalue weighted by molar-refractivity contribution is 7.26. The average Bonchev–Trinajstić information content (AvgIpc) is 1.56. The normalized spacial score (nSPS) is 12.3. The van der Waals surface area contributed by atoms with Gasteiger partial charge in [-0.25, -0.2) is 9.97 Å². The Balaban J connectivity index is 0.000000132. The molecular weight excluding hydrogens is 1240 g/mol. The zero-order chi connectivity index (χ0) is 71.4. The van der Waals surface area contributed by atoms with Gasteiger partial charge in [0.2, 0.25) is 0 Å². The van der Waals surface area contributed by atoms with E-state index >= 15 is 0 Å². The first kappa shape index (κ1) is 71.4. The first-order valence-electron chi connectivity index (χ1n) is 35.2. The van der Waals surface area contributed by atoms with Gasteiger partial charge in [0.15, 0.2) is 0 Å². The highest BCUT2D eigenvalue weighted by atomic mass is 32.1. The Bertz CT molecular complexity index is 5030. The maximum absolute atomic E-state index is 4.25. The van der Waals surface area contributed by atoms with Crippen LogP contribution in [0.3, 0.4) is 0 Å². The van der Waals surface area contributed by atoms with Gasteiger partial charge < -0.3 is 9.13 Å². The van der Waals surface area contributed by atoms with Crippen molar-refractivity contribution in [1.29, 1.82) is 0 Å². The number of hydrogen-bond acceptors (Lipinski definition) is 6. The number of rotatable bonds is 2. The van der Waals surface area contributed by atoms with Gasteiger partial charge in [0.25, 0.3) is 0 Å². The van der Waals surface area contributed by atoms with Crippen molar-refractivity contribution in [2.75, 3.05) is 0 Å². The maximum atomic E-state index is 4.25. The predicted molar refractivity (Wildman–Crippen MR) is 430 cm³/mol. The summed E-state index contributed by atoms with van der Waals surface area (Å²) < 4.78 is 7.60. The number of nitrogens with zero attached hydrogens (tertiary/aromatic N) is 7. The van der Waals surface area contributed by atoms with Gasteiger partial charge in [-0.2, -0.15) is 0 Å². The molecule has 0 fully saturated rings. The van der Waals surface area contributed by atoms with Crippen molar-refractivity contribution in [3.05, 3.63) is 307 Å². The number of fused-ring (bicyclic) bond motifs is 14. The second-order valence-corrected chi connectivity index (χ2v) is 33.4. The fraction of sp³-hybridized carbons (Fsp3) is 0.272. The Morgan fingerprint density at radius 3 is 1.30 bits per heavy atom. The van der Waals surface area contributed by atoms with Crippen LogP contribution in [0.2, 0.25) is 0 Å². The van der Waals surface area contributed by atoms with Crippen LogP contribution in [-0.4, -0.2) is 34.1 Å². The fourth-order valence-corrected chi connectivity index (χ4v) is 14.4. The number of benzene rings is 8. The van der Waals surface area contributed by atoms with Gasteiger partial charge in [0.05, 0.1) is 22.1 Å². The van der Waals surface area contributed by atoms with Gasteiger partial charge in [0, 0.05) is 117 Å². The molecule has 0 amide bonds. The van der Waals surface area contributed by atoms with Crippen molar-refractivity contribution in [3.8, 4) is 22.5 Å². The lowest BCUT2D eigenvalue weighted by molar-refractivity contribution is 0.567. The molecule has 100 heavy (non-hydrogen) atoms. The van der Waals surface area contributed by atoms with Crippen LogP contribution in [0.25, 0.3) is 86.3 Å². The molecule has 15 aromatic rings. The second kappa shape index (κ2) is 29.1. The SMILES string of the molecule is CC(C)(C)c1ccc2c(c1)-c1c(ccc3c1c1ccccc1n3-c1ccccc1)C2.CC(C)(C)c1cccc2c1sc1ccc3c(c4ccccc4n3-c3ccccc3)c12.CC(C)(C)c1ccccn1.CC(C)(C)c1ccccn1.CC(C)(C)c1cccnc1.CC(C)(C)c1ccncn1. The first-order valence-corrected chi connectivity index (χ1v) is 36.0. The Labute approximate surface area is 598 Å². The molecule has 0 N–H and O–H groups in total. The molecule has 8 aromatic carbocycles. The number of para-hydroxylation sites is 4. The van der Waals surface area contributed by atoms with Crippen LogP contribution >= 0.6 is 11.3 Å². The number of aromatic nitrogens is 7. The highest BCUT2D eigenvalue weighted by Gasteiger charge is 2.28. The zero-order valence-corrected chi connectivity index (χ0v) is 62.9. The summed E-state index contributed by atoms with van der Waals surface area (Å²) in [5, 5.41) is 8.18. The van der Waals surface area contributed by atoms with E-state index in [0.29, 0.717) is 0 Å². The Morgan fingerprint density at radius 2 is 0.830 bits per heavy atom. The summed E-state index contributed by atoms with van der Waals surface area (Å²) in [6, 6.07) is 80.3. The number of hydrogen-bond donors (Lipinski definition) is 0. The third kappa shape index (κ3) is 15.9. The largest absolute Gasteiger partial charge is 0.309 e. The van der Waals surface area contributed by atoms with E-state index in [-0.39, 0.29) is 32.5 Å². The molecule has 7 heterocycles. The first-order chi connectivity index (χ1) is 47.5. The standard InChI is InChI=1S/C29H25N.C28H23NS.3C9H13N.C8H12N2/c1-29(2,3)21-15-13-19-17-20-14-16-26-28(27(20)24(19)18-21)23-11-7-8-12-25(23)30(26)22-9-5-4-6-10-22;1-28(2,3)21-14-9-13-20-26-24(30-27(20)21)17-16-23-25(26)19-12-7-8-15-22(19)29(23)18-10-5-4-6-11-18;1-9(2,3)8-5-4-6-10-7-8;2*1-9(2,3)8-6-4-5-7-10-8;1-8(2,3)7-4-5-9-6-10-7/h4-16,18H,17H2,1-3H3;4-17H,1-3H3;3*4-7H,1-3H3;4-6H,1-3H3. The van der Waals surface area contributed by atoms with Gasteiger partial charge >= 0.3 is 0 Å². The average molecular weight is 1330 g/mol. The predicted octanol–water partition coefficient (Wildman–Crippen LogP) is 25.0. The van der Waals surface area contributed by atoms with Gasteiger partial charge in [-0.3, -0.25) is 15.0 Å². The molecule has 0 atom stereocenters. The van der Waals surface area contributed by atoms with Crippen molar-refractivity contribution >= 4 is 75.1 Å². The summed E-state index contributed by atoms with van der Waals surface area (Å²) >= 11 is 1.93. The molecule has 7 aromatic heterocycles. The Hall–Kier alpha value is -9.89. The molecule has 0 saturated carbocycles. The van der Waals surface area contributed by atoms with E-state index in [1.165, 1.54) is 114 Å². The van der Waals surface area contributed by atoms with E-state index in [9.17, 15) is 0 Å².